The zero-order valence-electron chi connectivity index (χ0n) is 37.1. The van der Waals surface area contributed by atoms with Gasteiger partial charge in [-0.3, -0.25) is 39.2 Å². The SMILES string of the molecule is O=C1CCC(n2c(=O)oc3cc(CCCOCCOCCNC(=O)c4ccc(NC(=O)[C@@H]5NC6(CCCCC6)[C@@]6(C(=O)Nc7cc(Cl)ccc76)[C@H]5Cc5cccc(Cl)c5F)cc4)ccc32)C(=O)N1. The lowest BCUT2D eigenvalue weighted by atomic mass is 9.56. The number of nitrogens with zero attached hydrogens (tertiary/aromatic N) is 1. The summed E-state index contributed by atoms with van der Waals surface area (Å²) in [6.45, 7) is 1.68. The number of rotatable bonds is 16. The highest BCUT2D eigenvalue weighted by Gasteiger charge is 2.71. The van der Waals surface area contributed by atoms with Crippen LogP contribution in [0.5, 0.6) is 0 Å². The molecule has 4 aliphatic rings. The van der Waals surface area contributed by atoms with Crippen LogP contribution in [0.15, 0.2) is 88.1 Å². The van der Waals surface area contributed by atoms with Crippen molar-refractivity contribution < 1.29 is 42.3 Å². The lowest BCUT2D eigenvalue weighted by Gasteiger charge is -2.47. The molecule has 4 aromatic carbocycles. The fourth-order valence-corrected chi connectivity index (χ4v) is 11.2. The Bertz CT molecular complexity index is 2830. The molecule has 9 rings (SSSR count). The summed E-state index contributed by atoms with van der Waals surface area (Å²) in [5.41, 5.74) is 2.25. The Labute approximate surface area is 400 Å². The minimum atomic E-state index is -1.22. The van der Waals surface area contributed by atoms with E-state index in [9.17, 15) is 28.8 Å². The van der Waals surface area contributed by atoms with Crippen molar-refractivity contribution in [1.82, 2.24) is 20.5 Å². The molecule has 0 bridgehead atoms. The van der Waals surface area contributed by atoms with Gasteiger partial charge in [-0.2, -0.15) is 0 Å². The number of imide groups is 1. The summed E-state index contributed by atoms with van der Waals surface area (Å²) in [6, 6.07) is 20.3. The van der Waals surface area contributed by atoms with Gasteiger partial charge in [0.25, 0.3) is 5.91 Å². The third kappa shape index (κ3) is 9.07. The Morgan fingerprint density at radius 2 is 1.66 bits per heavy atom. The van der Waals surface area contributed by atoms with Gasteiger partial charge in [-0.1, -0.05) is 66.7 Å². The molecule has 18 heteroatoms. The molecule has 3 aliphatic heterocycles. The number of oxazole rings is 1. The van der Waals surface area contributed by atoms with Gasteiger partial charge in [0.15, 0.2) is 5.58 Å². The number of amides is 5. The maximum atomic E-state index is 15.7. The van der Waals surface area contributed by atoms with Gasteiger partial charge in [0, 0.05) is 53.0 Å². The van der Waals surface area contributed by atoms with Crippen LogP contribution in [0.25, 0.3) is 11.1 Å². The highest BCUT2D eigenvalue weighted by molar-refractivity contribution is 6.31. The van der Waals surface area contributed by atoms with Crippen LogP contribution in [0.1, 0.15) is 84.5 Å². The van der Waals surface area contributed by atoms with Crippen molar-refractivity contribution >= 4 is 75.2 Å². The van der Waals surface area contributed by atoms with Crippen molar-refractivity contribution in [1.29, 1.82) is 0 Å². The molecule has 4 heterocycles. The van der Waals surface area contributed by atoms with Crippen molar-refractivity contribution in [3.8, 4) is 0 Å². The van der Waals surface area contributed by atoms with E-state index >= 15 is 4.39 Å². The van der Waals surface area contributed by atoms with Crippen molar-refractivity contribution in [2.24, 2.45) is 5.92 Å². The Balaban J connectivity index is 0.751. The molecule has 15 nitrogen and oxygen atoms in total. The summed E-state index contributed by atoms with van der Waals surface area (Å²) in [5, 5.41) is 15.3. The molecule has 5 aromatic rings. The number of carbonyl (C=O) groups is 5. The summed E-state index contributed by atoms with van der Waals surface area (Å²) in [5.74, 6) is -3.78. The van der Waals surface area contributed by atoms with Gasteiger partial charge in [-0.15, -0.1) is 0 Å². The predicted octanol–water partition coefficient (Wildman–Crippen LogP) is 6.78. The number of hydrogen-bond acceptors (Lipinski definition) is 10. The molecule has 3 fully saturated rings. The largest absolute Gasteiger partial charge is 0.420 e. The van der Waals surface area contributed by atoms with Gasteiger partial charge in [-0.05, 0) is 110 Å². The van der Waals surface area contributed by atoms with Crippen LogP contribution in [-0.2, 0) is 46.9 Å². The Hall–Kier alpha value is -5.91. The minimum Gasteiger partial charge on any atom is -0.408 e. The van der Waals surface area contributed by atoms with Crippen molar-refractivity contribution in [3.63, 3.8) is 0 Å². The lowest BCUT2D eigenvalue weighted by molar-refractivity contribution is -0.136. The number of halogens is 3. The van der Waals surface area contributed by atoms with Crippen LogP contribution in [0.3, 0.4) is 0 Å². The zero-order valence-corrected chi connectivity index (χ0v) is 38.6. The van der Waals surface area contributed by atoms with E-state index in [2.05, 4.69) is 26.6 Å². The molecule has 68 heavy (non-hydrogen) atoms. The van der Waals surface area contributed by atoms with E-state index in [1.54, 1.807) is 60.7 Å². The number of aromatic nitrogens is 1. The zero-order chi connectivity index (χ0) is 47.6. The van der Waals surface area contributed by atoms with E-state index < -0.39 is 46.4 Å². The molecule has 2 saturated heterocycles. The minimum absolute atomic E-state index is 0.0412. The third-order valence-electron chi connectivity index (χ3n) is 13.9. The first-order valence-corrected chi connectivity index (χ1v) is 23.8. The average Bonchev–Trinajstić information content (AvgIpc) is 3.91. The monoisotopic (exact) mass is 968 g/mol. The molecule has 1 aromatic heterocycles. The van der Waals surface area contributed by atoms with Crippen LogP contribution < -0.4 is 32.3 Å². The number of aryl methyl sites for hydroxylation is 1. The van der Waals surface area contributed by atoms with Crippen molar-refractivity contribution in [2.75, 3.05) is 43.6 Å². The normalized spacial score (nSPS) is 21.8. The smallest absolute Gasteiger partial charge is 0.408 e. The Morgan fingerprint density at radius 1 is 0.882 bits per heavy atom. The number of benzene rings is 4. The summed E-state index contributed by atoms with van der Waals surface area (Å²) in [7, 11) is 0. The second-order valence-corrected chi connectivity index (χ2v) is 18.7. The Morgan fingerprint density at radius 3 is 2.44 bits per heavy atom. The van der Waals surface area contributed by atoms with Gasteiger partial charge in [-0.25, -0.2) is 9.18 Å². The van der Waals surface area contributed by atoms with Crippen molar-refractivity contribution in [2.45, 2.75) is 87.2 Å². The highest BCUT2D eigenvalue weighted by atomic mass is 35.5. The number of anilines is 2. The van der Waals surface area contributed by atoms with Gasteiger partial charge in [0.1, 0.15) is 11.9 Å². The molecule has 5 N–H and O–H groups in total. The van der Waals surface area contributed by atoms with E-state index in [1.807, 2.05) is 12.1 Å². The Kier molecular flexibility index (Phi) is 13.9. The molecule has 1 saturated carbocycles. The molecule has 0 radical (unpaired) electrons. The fraction of sp³-hybridized carbons (Fsp3) is 0.400. The molecule has 2 spiro atoms. The number of ether oxygens (including phenoxy) is 2. The average molecular weight is 970 g/mol. The van der Waals surface area contributed by atoms with Crippen molar-refractivity contribution in [3.05, 3.63) is 128 Å². The maximum Gasteiger partial charge on any atom is 0.420 e. The number of carbonyl (C=O) groups excluding carboxylic acids is 5. The van der Waals surface area contributed by atoms with Gasteiger partial charge in [0.05, 0.1) is 41.8 Å². The number of piperidine rings is 1. The highest BCUT2D eigenvalue weighted by Crippen LogP contribution is 2.60. The van der Waals surface area contributed by atoms with Crippen LogP contribution in [0, 0.1) is 11.7 Å². The van der Waals surface area contributed by atoms with Crippen LogP contribution in [0.4, 0.5) is 15.8 Å². The van der Waals surface area contributed by atoms with Crippen LogP contribution >= 0.6 is 23.2 Å². The molecule has 4 atom stereocenters. The maximum absolute atomic E-state index is 15.7. The van der Waals surface area contributed by atoms with Gasteiger partial charge in [0.2, 0.25) is 23.6 Å². The van der Waals surface area contributed by atoms with Crippen LogP contribution in [0.2, 0.25) is 10.0 Å². The molecule has 5 amide bonds. The molecule has 1 aliphatic carbocycles. The topological polar surface area (TPSA) is 199 Å². The third-order valence-corrected chi connectivity index (χ3v) is 14.4. The first-order valence-electron chi connectivity index (χ1n) is 23.0. The first kappa shape index (κ1) is 47.2. The van der Waals surface area contributed by atoms with E-state index in [-0.39, 0.29) is 61.1 Å². The van der Waals surface area contributed by atoms with E-state index in [0.717, 1.165) is 30.4 Å². The summed E-state index contributed by atoms with van der Waals surface area (Å²) in [6.07, 6.45) is 5.78. The number of hydrogen-bond donors (Lipinski definition) is 5. The number of nitrogens with one attached hydrogen (secondary N) is 5. The van der Waals surface area contributed by atoms with Gasteiger partial charge >= 0.3 is 5.76 Å². The lowest BCUT2D eigenvalue weighted by Crippen LogP contribution is -2.60. The standard InChI is InChI=1S/C50H51Cl2FN6O9/c51-32-12-15-34-37(28-32)56-47(64)50(34)35(27-31-7-4-8-36(52)42(31)53)43(58-49(50)19-2-1-3-20-49)46(63)55-33-13-10-30(11-14-33)44(61)54-21-23-67-25-24-66-22-5-6-29-9-16-38-40(26-29)68-48(65)59(38)39-17-18-41(60)57-45(39)62/h4,7-16,26,28,35,39,43,58H,1-3,5-6,17-25,27H2,(H,54,61)(H,55,63)(H,56,64)(H,57,60,62)/t35-,39?,43+,50+/m0/s1. The summed E-state index contributed by atoms with van der Waals surface area (Å²) >= 11 is 12.7. The number of fused-ring (bicyclic) bond motifs is 4. The molecular formula is C50H51Cl2FN6O9. The molecule has 356 valence electrons. The predicted molar refractivity (Wildman–Crippen MR) is 252 cm³/mol. The second kappa shape index (κ2) is 20.0. The van der Waals surface area contributed by atoms with E-state index in [4.69, 9.17) is 37.1 Å². The second-order valence-electron chi connectivity index (χ2n) is 17.9. The van der Waals surface area contributed by atoms with E-state index in [1.165, 1.54) is 10.6 Å². The van der Waals surface area contributed by atoms with Gasteiger partial charge < -0.3 is 29.8 Å². The summed E-state index contributed by atoms with van der Waals surface area (Å²) in [4.78, 5) is 78.6. The molecule has 1 unspecified atom stereocenters. The first-order chi connectivity index (χ1) is 32.9. The quantitative estimate of drug-likeness (QED) is 0.0519. The fourth-order valence-electron chi connectivity index (χ4n) is 10.8. The summed E-state index contributed by atoms with van der Waals surface area (Å²) < 4.78 is 33.8. The van der Waals surface area contributed by atoms with E-state index in [0.29, 0.717) is 84.1 Å². The molecular weight excluding hydrogens is 918 g/mol. The van der Waals surface area contributed by atoms with Crippen LogP contribution in [-0.4, -0.2) is 78.7 Å².